The van der Waals surface area contributed by atoms with E-state index in [1.165, 1.54) is 5.39 Å². The van der Waals surface area contributed by atoms with Crippen LogP contribution in [0.4, 0.5) is 0 Å². The van der Waals surface area contributed by atoms with Crippen molar-refractivity contribution >= 4 is 35.8 Å². The third kappa shape index (κ3) is 3.33. The number of rotatable bonds is 7. The number of aromatic nitrogens is 1. The van der Waals surface area contributed by atoms with E-state index in [9.17, 15) is 9.59 Å². The molecule has 0 bridgehead atoms. The lowest BCUT2D eigenvalue weighted by Crippen LogP contribution is -2.45. The molecule has 1 aromatic heterocycles. The first kappa shape index (κ1) is 14.5. The molecule has 0 saturated carbocycles. The Kier molecular flexibility index (Phi) is 5.06. The maximum atomic E-state index is 11.8. The van der Waals surface area contributed by atoms with Gasteiger partial charge in [0.25, 0.3) is 0 Å². The zero-order valence-corrected chi connectivity index (χ0v) is 11.8. The highest BCUT2D eigenvalue weighted by atomic mass is 32.1. The van der Waals surface area contributed by atoms with Gasteiger partial charge in [-0.2, -0.15) is 12.6 Å². The molecule has 0 spiro atoms. The fraction of sp³-hybridized carbons (Fsp3) is 0.286. The number of hydrogen-bond donors (Lipinski definition) is 4. The summed E-state index contributed by atoms with van der Waals surface area (Å²) in [6, 6.07) is 7.45. The summed E-state index contributed by atoms with van der Waals surface area (Å²) in [6.45, 7) is 0.519. The predicted molar refractivity (Wildman–Crippen MR) is 81.9 cm³/mol. The minimum absolute atomic E-state index is 0.216. The number of carbonyl (C=O) groups excluding carboxylic acids is 2. The summed E-state index contributed by atoms with van der Waals surface area (Å²) in [5, 5.41) is 6.39. The Balaban J connectivity index is 1.89. The van der Waals surface area contributed by atoms with Crippen molar-refractivity contribution in [2.75, 3.05) is 12.3 Å². The lowest BCUT2D eigenvalue weighted by molar-refractivity contribution is -0.124. The number of hydrogen-bond acceptors (Lipinski definition) is 3. The van der Waals surface area contributed by atoms with Crippen LogP contribution in [0.15, 0.2) is 30.5 Å². The van der Waals surface area contributed by atoms with E-state index in [-0.39, 0.29) is 11.7 Å². The molecular formula is C14H17N3O2S. The predicted octanol–water partition coefficient (Wildman–Crippen LogP) is 0.871. The third-order valence-corrected chi connectivity index (χ3v) is 3.50. The summed E-state index contributed by atoms with van der Waals surface area (Å²) in [5.41, 5.74) is 2.25. The Morgan fingerprint density at radius 1 is 1.40 bits per heavy atom. The van der Waals surface area contributed by atoms with Crippen molar-refractivity contribution < 1.29 is 9.59 Å². The van der Waals surface area contributed by atoms with E-state index in [4.69, 9.17) is 0 Å². The average Bonchev–Trinajstić information content (AvgIpc) is 2.88. The van der Waals surface area contributed by atoms with E-state index in [0.29, 0.717) is 13.0 Å². The molecule has 2 amide bonds. The number of thiol groups is 1. The number of aromatic amines is 1. The molecule has 0 fully saturated rings. The van der Waals surface area contributed by atoms with Crippen LogP contribution in [0.5, 0.6) is 0 Å². The normalized spacial score (nSPS) is 12.1. The number of nitrogens with one attached hydrogen (secondary N) is 3. The van der Waals surface area contributed by atoms with Crippen LogP contribution in [0.1, 0.15) is 5.56 Å². The molecule has 0 aliphatic rings. The van der Waals surface area contributed by atoms with Gasteiger partial charge in [-0.15, -0.1) is 0 Å². The molecule has 0 unspecified atom stereocenters. The second kappa shape index (κ2) is 7.00. The van der Waals surface area contributed by atoms with Gasteiger partial charge in [0.05, 0.1) is 0 Å². The molecule has 6 heteroatoms. The van der Waals surface area contributed by atoms with Gasteiger partial charge in [-0.3, -0.25) is 9.59 Å². The summed E-state index contributed by atoms with van der Waals surface area (Å²) in [7, 11) is 0. The van der Waals surface area contributed by atoms with Gasteiger partial charge in [-0.1, -0.05) is 18.2 Å². The molecule has 0 radical (unpaired) electrons. The Morgan fingerprint density at radius 2 is 2.20 bits per heavy atom. The third-order valence-electron chi connectivity index (χ3n) is 3.14. The quantitative estimate of drug-likeness (QED) is 0.451. The Bertz CT molecular complexity index is 597. The molecule has 1 aromatic carbocycles. The van der Waals surface area contributed by atoms with Crippen molar-refractivity contribution in [1.82, 2.24) is 15.6 Å². The number of fused-ring (bicyclic) bond motifs is 1. The van der Waals surface area contributed by atoms with Gasteiger partial charge >= 0.3 is 0 Å². The van der Waals surface area contributed by atoms with E-state index >= 15 is 0 Å². The van der Waals surface area contributed by atoms with Gasteiger partial charge in [0.1, 0.15) is 6.04 Å². The first-order chi connectivity index (χ1) is 9.76. The van der Waals surface area contributed by atoms with Crippen LogP contribution in [0.2, 0.25) is 0 Å². The zero-order valence-electron chi connectivity index (χ0n) is 10.9. The van der Waals surface area contributed by atoms with Gasteiger partial charge in [-0.05, 0) is 18.1 Å². The molecule has 2 rings (SSSR count). The maximum Gasteiger partial charge on any atom is 0.243 e. The second-order valence-electron chi connectivity index (χ2n) is 4.42. The van der Waals surface area contributed by atoms with Crippen molar-refractivity contribution in [3.8, 4) is 0 Å². The van der Waals surface area contributed by atoms with Crippen LogP contribution in [-0.2, 0) is 16.0 Å². The van der Waals surface area contributed by atoms with Crippen molar-refractivity contribution in [3.63, 3.8) is 0 Å². The number of H-pyrrole nitrogens is 1. The lowest BCUT2D eigenvalue weighted by Gasteiger charge is -2.13. The summed E-state index contributed by atoms with van der Waals surface area (Å²) < 4.78 is 0. The van der Waals surface area contributed by atoms with Gasteiger partial charge in [-0.25, -0.2) is 0 Å². The van der Waals surface area contributed by atoms with Gasteiger partial charge in [0.2, 0.25) is 12.3 Å². The maximum absolute atomic E-state index is 11.8. The number of amides is 2. The Hall–Kier alpha value is -1.95. The molecule has 3 N–H and O–H groups in total. The van der Waals surface area contributed by atoms with Crippen LogP contribution in [-0.4, -0.2) is 35.6 Å². The van der Waals surface area contributed by atoms with Gasteiger partial charge in [0.15, 0.2) is 0 Å². The molecule has 1 atom stereocenters. The molecule has 0 aliphatic heterocycles. The number of benzene rings is 1. The summed E-state index contributed by atoms with van der Waals surface area (Å²) in [5.74, 6) is 0.0597. The first-order valence-electron chi connectivity index (χ1n) is 6.39. The summed E-state index contributed by atoms with van der Waals surface area (Å²) >= 11 is 4.03. The molecule has 106 valence electrons. The molecule has 1 heterocycles. The van der Waals surface area contributed by atoms with Crippen LogP contribution >= 0.6 is 12.6 Å². The summed E-state index contributed by atoms with van der Waals surface area (Å²) in [6.07, 6.45) is 3.20. The van der Waals surface area contributed by atoms with Crippen molar-refractivity contribution in [3.05, 3.63) is 36.0 Å². The molecule has 2 aromatic rings. The fourth-order valence-electron chi connectivity index (χ4n) is 2.08. The Labute approximate surface area is 122 Å². The minimum Gasteiger partial charge on any atom is -0.361 e. The molecule has 0 saturated heterocycles. The first-order valence-corrected chi connectivity index (χ1v) is 7.02. The summed E-state index contributed by atoms with van der Waals surface area (Å²) in [4.78, 5) is 25.3. The van der Waals surface area contributed by atoms with Crippen molar-refractivity contribution in [2.45, 2.75) is 12.5 Å². The van der Waals surface area contributed by atoms with E-state index < -0.39 is 6.04 Å². The monoisotopic (exact) mass is 291 g/mol. The fourth-order valence-corrected chi connectivity index (χ4v) is 2.35. The lowest BCUT2D eigenvalue weighted by atomic mass is 10.1. The molecular weight excluding hydrogens is 274 g/mol. The van der Waals surface area contributed by atoms with E-state index in [1.54, 1.807) is 0 Å². The van der Waals surface area contributed by atoms with Gasteiger partial charge < -0.3 is 15.6 Å². The SMILES string of the molecule is O=CN[C@@H](CS)C(=O)NCCc1c[nH]c2ccccc12. The highest BCUT2D eigenvalue weighted by Gasteiger charge is 2.14. The second-order valence-corrected chi connectivity index (χ2v) is 4.79. The highest BCUT2D eigenvalue weighted by Crippen LogP contribution is 2.17. The highest BCUT2D eigenvalue weighted by molar-refractivity contribution is 7.80. The Morgan fingerprint density at radius 3 is 2.95 bits per heavy atom. The van der Waals surface area contributed by atoms with Crippen LogP contribution < -0.4 is 10.6 Å². The standard InChI is InChI=1S/C14H17N3O2S/c18-9-17-13(8-20)14(19)15-6-5-10-7-16-12-4-2-1-3-11(10)12/h1-4,7,9,13,16,20H,5-6,8H2,(H,15,19)(H,17,18)/t13-/m0/s1. The zero-order chi connectivity index (χ0) is 14.4. The average molecular weight is 291 g/mol. The smallest absolute Gasteiger partial charge is 0.243 e. The van der Waals surface area contributed by atoms with E-state index in [1.807, 2.05) is 30.5 Å². The van der Waals surface area contributed by atoms with Crippen LogP contribution in [0.3, 0.4) is 0 Å². The van der Waals surface area contributed by atoms with Crippen LogP contribution in [0.25, 0.3) is 10.9 Å². The molecule has 20 heavy (non-hydrogen) atoms. The topological polar surface area (TPSA) is 74.0 Å². The van der Waals surface area contributed by atoms with Gasteiger partial charge in [0, 0.05) is 29.4 Å². The number of carbonyl (C=O) groups is 2. The molecule has 5 nitrogen and oxygen atoms in total. The van der Waals surface area contributed by atoms with E-state index in [2.05, 4.69) is 28.2 Å². The van der Waals surface area contributed by atoms with Crippen molar-refractivity contribution in [2.24, 2.45) is 0 Å². The number of para-hydroxylation sites is 1. The largest absolute Gasteiger partial charge is 0.361 e. The molecule has 0 aliphatic carbocycles. The van der Waals surface area contributed by atoms with Crippen molar-refractivity contribution in [1.29, 1.82) is 0 Å². The van der Waals surface area contributed by atoms with E-state index in [0.717, 1.165) is 17.5 Å². The minimum atomic E-state index is -0.584. The van der Waals surface area contributed by atoms with Crippen LogP contribution in [0, 0.1) is 0 Å².